The number of hydrogen-bond acceptors (Lipinski definition) is 8. The molecular weight excluding hydrogens is 695 g/mol. The van der Waals surface area contributed by atoms with Crippen LogP contribution < -0.4 is 29.6 Å². The molecule has 0 aromatic heterocycles. The molecule has 0 bridgehead atoms. The molecule has 0 aliphatic heterocycles. The van der Waals surface area contributed by atoms with E-state index in [1.807, 2.05) is 13.8 Å². The van der Waals surface area contributed by atoms with E-state index in [0.717, 1.165) is 0 Å². The number of methoxy groups -OCH3 is 1. The lowest BCUT2D eigenvalue weighted by Gasteiger charge is -2.44. The third-order valence-corrected chi connectivity index (χ3v) is 9.28. The molecule has 0 spiro atoms. The highest BCUT2D eigenvalue weighted by Crippen LogP contribution is 2.48. The summed E-state index contributed by atoms with van der Waals surface area (Å²) in [6.07, 6.45) is -0.444. The second-order valence-electron chi connectivity index (χ2n) is 12.3. The van der Waals surface area contributed by atoms with Gasteiger partial charge in [-0.15, -0.1) is 0 Å². The summed E-state index contributed by atoms with van der Waals surface area (Å²) in [5, 5.41) is 18.5. The maximum atomic E-state index is 14.4. The van der Waals surface area contributed by atoms with Crippen molar-refractivity contribution >= 4 is 52.2 Å². The molecule has 4 unspecified atom stereocenters. The van der Waals surface area contributed by atoms with Crippen LogP contribution in [-0.4, -0.2) is 48.6 Å². The summed E-state index contributed by atoms with van der Waals surface area (Å²) in [7, 11) is 1.45. The maximum Gasteiger partial charge on any atom is 0.235 e. The normalized spacial score (nSPS) is 19.9. The zero-order chi connectivity index (χ0) is 36.7. The van der Waals surface area contributed by atoms with Crippen molar-refractivity contribution in [3.05, 3.63) is 106 Å². The summed E-state index contributed by atoms with van der Waals surface area (Å²) in [5.74, 6) is -4.13. The molecule has 10 nitrogen and oxygen atoms in total. The van der Waals surface area contributed by atoms with Crippen LogP contribution in [0.15, 0.2) is 84.9 Å². The van der Waals surface area contributed by atoms with Crippen LogP contribution in [0.1, 0.15) is 44.2 Å². The number of anilines is 2. The lowest BCUT2D eigenvalue weighted by Crippen LogP contribution is -2.56. The number of rotatable bonds is 13. The quantitative estimate of drug-likeness (QED) is 0.119. The van der Waals surface area contributed by atoms with Gasteiger partial charge in [-0.05, 0) is 74.9 Å². The standard InChI is InChI=1S/C39H40Cl2N2O8/c1-5-49-30-13-9-7-11-27(30)42-37(45)35-29(44)21-39(3,47)36(38(46)43-28-12-8-10-14-31(28)50-6-2)34(35)23-16-18-32(33(19-23)48-4)51-22-24-15-17-25(40)20-26(24)41/h7-20,34-36,47H,5-6,21-22H2,1-4H3,(H,42,45)(H,43,46). The minimum Gasteiger partial charge on any atom is -0.493 e. The van der Waals surface area contributed by atoms with E-state index in [4.69, 9.17) is 42.1 Å². The molecule has 51 heavy (non-hydrogen) atoms. The summed E-state index contributed by atoms with van der Waals surface area (Å²) in [5.41, 5.74) is -0.0189. The van der Waals surface area contributed by atoms with Crippen molar-refractivity contribution in [3.63, 3.8) is 0 Å². The minimum atomic E-state index is -1.85. The average Bonchev–Trinajstić information content (AvgIpc) is 3.09. The average molecular weight is 736 g/mol. The van der Waals surface area contributed by atoms with Crippen molar-refractivity contribution in [2.24, 2.45) is 11.8 Å². The van der Waals surface area contributed by atoms with Gasteiger partial charge in [-0.1, -0.05) is 59.6 Å². The summed E-state index contributed by atoms with van der Waals surface area (Å²) in [4.78, 5) is 42.6. The molecular formula is C39H40Cl2N2O8. The predicted octanol–water partition coefficient (Wildman–Crippen LogP) is 7.70. The van der Waals surface area contributed by atoms with E-state index in [9.17, 15) is 19.5 Å². The second kappa shape index (κ2) is 16.5. The second-order valence-corrected chi connectivity index (χ2v) is 13.1. The number of ketones is 1. The molecule has 2 amide bonds. The lowest BCUT2D eigenvalue weighted by atomic mass is 9.61. The Balaban J connectivity index is 1.57. The van der Waals surface area contributed by atoms with E-state index in [-0.39, 0.29) is 12.4 Å². The van der Waals surface area contributed by atoms with E-state index in [1.165, 1.54) is 14.0 Å². The molecule has 4 aromatic rings. The molecule has 0 saturated heterocycles. The number of carbonyl (C=O) groups is 3. The van der Waals surface area contributed by atoms with Gasteiger partial charge in [0.25, 0.3) is 0 Å². The third kappa shape index (κ3) is 8.58. The summed E-state index contributed by atoms with van der Waals surface area (Å²) in [6, 6.07) is 23.7. The van der Waals surface area contributed by atoms with Gasteiger partial charge in [0.05, 0.1) is 43.2 Å². The zero-order valence-electron chi connectivity index (χ0n) is 28.7. The third-order valence-electron chi connectivity index (χ3n) is 8.69. The topological polar surface area (TPSA) is 132 Å². The number of amides is 2. The largest absolute Gasteiger partial charge is 0.493 e. The van der Waals surface area contributed by atoms with Crippen molar-refractivity contribution in [2.45, 2.75) is 45.3 Å². The van der Waals surface area contributed by atoms with Crippen LogP contribution in [0.3, 0.4) is 0 Å². The maximum absolute atomic E-state index is 14.4. The van der Waals surface area contributed by atoms with Gasteiger partial charge < -0.3 is 34.7 Å². The van der Waals surface area contributed by atoms with Crippen molar-refractivity contribution in [1.29, 1.82) is 0 Å². The highest BCUT2D eigenvalue weighted by molar-refractivity contribution is 6.35. The van der Waals surface area contributed by atoms with Crippen LogP contribution in [0.4, 0.5) is 11.4 Å². The van der Waals surface area contributed by atoms with E-state index >= 15 is 0 Å². The number of halogens is 2. The van der Waals surface area contributed by atoms with Gasteiger partial charge in [0, 0.05) is 27.9 Å². The molecule has 0 heterocycles. The Morgan fingerprint density at radius 1 is 0.804 bits per heavy atom. The summed E-state index contributed by atoms with van der Waals surface area (Å²) in [6.45, 7) is 5.87. The Labute approximate surface area is 307 Å². The lowest BCUT2D eigenvalue weighted by molar-refractivity contribution is -0.150. The van der Waals surface area contributed by atoms with Gasteiger partial charge in [-0.25, -0.2) is 0 Å². The van der Waals surface area contributed by atoms with Gasteiger partial charge >= 0.3 is 0 Å². The highest BCUT2D eigenvalue weighted by Gasteiger charge is 2.56. The highest BCUT2D eigenvalue weighted by atomic mass is 35.5. The SMILES string of the molecule is CCOc1ccccc1NC(=O)C1C(=O)CC(C)(O)C(C(=O)Nc2ccccc2OCC)C1c1ccc(OCc2ccc(Cl)cc2Cl)c(OC)c1. The summed E-state index contributed by atoms with van der Waals surface area (Å²) >= 11 is 12.4. The molecule has 4 atom stereocenters. The number of para-hydroxylation sites is 4. The Kier molecular flexibility index (Phi) is 12.1. The molecule has 3 N–H and O–H groups in total. The molecule has 0 radical (unpaired) electrons. The van der Waals surface area contributed by atoms with Crippen molar-refractivity contribution < 1.29 is 38.4 Å². The van der Waals surface area contributed by atoms with Gasteiger partial charge in [0.1, 0.15) is 29.8 Å². The number of Topliss-reactive ketones (excluding diaryl/α,β-unsaturated/α-hetero) is 1. The van der Waals surface area contributed by atoms with Gasteiger partial charge in [-0.3, -0.25) is 14.4 Å². The van der Waals surface area contributed by atoms with Crippen LogP contribution in [0.5, 0.6) is 23.0 Å². The Bertz CT molecular complexity index is 1900. The van der Waals surface area contributed by atoms with E-state index in [1.54, 1.807) is 84.9 Å². The van der Waals surface area contributed by atoms with Gasteiger partial charge in [-0.2, -0.15) is 0 Å². The van der Waals surface area contributed by atoms with Crippen LogP contribution in [0.2, 0.25) is 10.0 Å². The first-order valence-corrected chi connectivity index (χ1v) is 17.3. The molecule has 268 valence electrons. The van der Waals surface area contributed by atoms with Crippen molar-refractivity contribution in [1.82, 2.24) is 0 Å². The molecule has 1 aliphatic carbocycles. The van der Waals surface area contributed by atoms with Crippen LogP contribution >= 0.6 is 23.2 Å². The first kappa shape index (κ1) is 37.5. The van der Waals surface area contributed by atoms with Crippen LogP contribution in [0.25, 0.3) is 0 Å². The predicted molar refractivity (Wildman–Crippen MR) is 196 cm³/mol. The Morgan fingerprint density at radius 3 is 2.00 bits per heavy atom. The Morgan fingerprint density at radius 2 is 1.41 bits per heavy atom. The monoisotopic (exact) mass is 734 g/mol. The van der Waals surface area contributed by atoms with Crippen molar-refractivity contribution in [3.8, 4) is 23.0 Å². The number of carbonyl (C=O) groups excluding carboxylic acids is 3. The van der Waals surface area contributed by atoms with Gasteiger partial charge in [0.15, 0.2) is 11.5 Å². The van der Waals surface area contributed by atoms with Crippen LogP contribution in [0, 0.1) is 11.8 Å². The van der Waals surface area contributed by atoms with Gasteiger partial charge in [0.2, 0.25) is 11.8 Å². The van der Waals surface area contributed by atoms with E-state index in [2.05, 4.69) is 10.6 Å². The molecule has 1 aliphatic rings. The fraction of sp³-hybridized carbons (Fsp3) is 0.308. The number of aliphatic hydroxyl groups is 1. The van der Waals surface area contributed by atoms with Crippen molar-refractivity contribution in [2.75, 3.05) is 31.0 Å². The molecule has 12 heteroatoms. The first-order chi connectivity index (χ1) is 24.5. The Hall–Kier alpha value is -4.77. The number of ether oxygens (including phenoxy) is 4. The molecule has 5 rings (SSSR count). The fourth-order valence-electron chi connectivity index (χ4n) is 6.42. The fourth-order valence-corrected chi connectivity index (χ4v) is 6.88. The number of hydrogen-bond donors (Lipinski definition) is 3. The summed E-state index contributed by atoms with van der Waals surface area (Å²) < 4.78 is 23.2. The van der Waals surface area contributed by atoms with E-state index < -0.39 is 47.4 Å². The smallest absolute Gasteiger partial charge is 0.235 e. The zero-order valence-corrected chi connectivity index (χ0v) is 30.2. The number of nitrogens with one attached hydrogen (secondary N) is 2. The molecule has 4 aromatic carbocycles. The number of benzene rings is 4. The van der Waals surface area contributed by atoms with E-state index in [0.29, 0.717) is 63.0 Å². The minimum absolute atomic E-state index is 0.0941. The van der Waals surface area contributed by atoms with Crippen LogP contribution in [-0.2, 0) is 21.0 Å². The molecule has 1 saturated carbocycles. The first-order valence-electron chi connectivity index (χ1n) is 16.5. The molecule has 1 fully saturated rings.